The van der Waals surface area contributed by atoms with Gasteiger partial charge in [-0.2, -0.15) is 0 Å². The zero-order valence-corrected chi connectivity index (χ0v) is 8.17. The van der Waals surface area contributed by atoms with Gasteiger partial charge >= 0.3 is 5.97 Å². The van der Waals surface area contributed by atoms with Crippen molar-refractivity contribution in [1.82, 2.24) is 0 Å². The molecule has 7 rings (SSSR count). The number of hydrogen-bond acceptors (Lipinski definition) is 2. The Balaban J connectivity index is 1.75. The smallest absolute Gasteiger partial charge is 0.336 e. The van der Waals surface area contributed by atoms with Crippen molar-refractivity contribution in [3.8, 4) is 0 Å². The van der Waals surface area contributed by atoms with Gasteiger partial charge in [0, 0.05) is 11.8 Å². The van der Waals surface area contributed by atoms with E-state index in [0.717, 1.165) is 23.7 Å². The average molecular weight is 204 g/mol. The molecule has 5 aliphatic carbocycles. The Kier molecular flexibility index (Phi) is 0.681. The highest BCUT2D eigenvalue weighted by molar-refractivity contribution is 5.82. The normalized spacial score (nSPS) is 82.3. The molecule has 15 heavy (non-hydrogen) atoms. The standard InChI is InChI=1S/C12H12O3/c13-11(14)12-8-3-1-2-4-5(3)9(12)7(4)10(15-12)6(2)8/h2-10H,1H2,(H,13,14). The molecule has 0 aromatic heterocycles. The van der Waals surface area contributed by atoms with Gasteiger partial charge in [0.25, 0.3) is 0 Å². The molecule has 2 saturated heterocycles. The van der Waals surface area contributed by atoms with Crippen molar-refractivity contribution < 1.29 is 14.6 Å². The molecule has 2 aliphatic heterocycles. The van der Waals surface area contributed by atoms with Gasteiger partial charge in [0.2, 0.25) is 0 Å². The second-order valence-corrected chi connectivity index (χ2v) is 6.61. The van der Waals surface area contributed by atoms with E-state index >= 15 is 0 Å². The third-order valence-electron chi connectivity index (χ3n) is 7.04. The molecule has 78 valence electrons. The van der Waals surface area contributed by atoms with E-state index in [0.29, 0.717) is 29.8 Å². The van der Waals surface area contributed by atoms with Crippen molar-refractivity contribution in [2.24, 2.45) is 47.3 Å². The van der Waals surface area contributed by atoms with Crippen LogP contribution < -0.4 is 0 Å². The largest absolute Gasteiger partial charge is 0.479 e. The summed E-state index contributed by atoms with van der Waals surface area (Å²) in [6.45, 7) is 0. The van der Waals surface area contributed by atoms with Crippen LogP contribution in [0.2, 0.25) is 0 Å². The lowest BCUT2D eigenvalue weighted by Gasteiger charge is -2.44. The fourth-order valence-corrected chi connectivity index (χ4v) is 7.35. The highest BCUT2D eigenvalue weighted by Crippen LogP contribution is 2.90. The van der Waals surface area contributed by atoms with Gasteiger partial charge in [0.1, 0.15) is 0 Å². The molecule has 10 atom stereocenters. The van der Waals surface area contributed by atoms with Crippen molar-refractivity contribution in [2.75, 3.05) is 0 Å². The summed E-state index contributed by atoms with van der Waals surface area (Å²) >= 11 is 0. The summed E-state index contributed by atoms with van der Waals surface area (Å²) in [5, 5.41) is 9.56. The first-order chi connectivity index (χ1) is 7.27. The lowest BCUT2D eigenvalue weighted by molar-refractivity contribution is -0.165. The summed E-state index contributed by atoms with van der Waals surface area (Å²) in [5.41, 5.74) is -0.697. The minimum Gasteiger partial charge on any atom is -0.479 e. The molecule has 3 heteroatoms. The third-order valence-corrected chi connectivity index (χ3v) is 7.04. The summed E-state index contributed by atoms with van der Waals surface area (Å²) in [5.74, 6) is 4.73. The Morgan fingerprint density at radius 3 is 2.80 bits per heavy atom. The van der Waals surface area contributed by atoms with Gasteiger partial charge in [-0.25, -0.2) is 4.79 Å². The van der Waals surface area contributed by atoms with Gasteiger partial charge in [-0.1, -0.05) is 0 Å². The molecule has 1 N–H and O–H groups in total. The van der Waals surface area contributed by atoms with Crippen LogP contribution in [0.4, 0.5) is 0 Å². The minimum atomic E-state index is -0.697. The van der Waals surface area contributed by atoms with E-state index in [9.17, 15) is 9.90 Å². The maximum absolute atomic E-state index is 11.6. The Morgan fingerprint density at radius 1 is 1.13 bits per heavy atom. The van der Waals surface area contributed by atoms with Crippen molar-refractivity contribution >= 4 is 5.97 Å². The molecule has 0 amide bonds. The first-order valence-corrected chi connectivity index (χ1v) is 6.18. The molecular weight excluding hydrogens is 192 g/mol. The maximum Gasteiger partial charge on any atom is 0.336 e. The third kappa shape index (κ3) is 0.354. The van der Waals surface area contributed by atoms with Gasteiger partial charge in [-0.05, 0) is 41.9 Å². The van der Waals surface area contributed by atoms with Crippen LogP contribution in [0.15, 0.2) is 0 Å². The number of rotatable bonds is 1. The molecule has 7 fully saturated rings. The van der Waals surface area contributed by atoms with Gasteiger partial charge in [0.15, 0.2) is 5.60 Å². The molecule has 5 saturated carbocycles. The molecule has 10 unspecified atom stereocenters. The monoisotopic (exact) mass is 204 g/mol. The van der Waals surface area contributed by atoms with E-state index < -0.39 is 11.6 Å². The second kappa shape index (κ2) is 1.48. The van der Waals surface area contributed by atoms with Gasteiger partial charge in [-0.3, -0.25) is 0 Å². The van der Waals surface area contributed by atoms with E-state index in [2.05, 4.69) is 0 Å². The van der Waals surface area contributed by atoms with Crippen LogP contribution in [-0.2, 0) is 9.53 Å². The minimum absolute atomic E-state index is 0.356. The SMILES string of the molecule is O=C(O)C12OC3C4C5CC(C6C5C3C61)C42. The maximum atomic E-state index is 11.6. The van der Waals surface area contributed by atoms with Crippen LogP contribution in [0.3, 0.4) is 0 Å². The highest BCUT2D eigenvalue weighted by atomic mass is 16.6. The predicted octanol–water partition coefficient (Wildman–Crippen LogP) is 0.596. The molecule has 0 aromatic rings. The molecule has 3 nitrogen and oxygen atoms in total. The predicted molar refractivity (Wildman–Crippen MR) is 47.8 cm³/mol. The summed E-state index contributed by atoms with van der Waals surface area (Å²) in [6, 6.07) is 0. The lowest BCUT2D eigenvalue weighted by atomic mass is 9.57. The topological polar surface area (TPSA) is 46.5 Å². The molecule has 0 radical (unpaired) electrons. The van der Waals surface area contributed by atoms with Gasteiger partial charge in [-0.15, -0.1) is 0 Å². The van der Waals surface area contributed by atoms with Crippen molar-refractivity contribution in [1.29, 1.82) is 0 Å². The van der Waals surface area contributed by atoms with E-state index in [1.54, 1.807) is 0 Å². The molecule has 2 heterocycles. The first-order valence-electron chi connectivity index (χ1n) is 6.18. The zero-order valence-electron chi connectivity index (χ0n) is 8.17. The summed E-state index contributed by atoms with van der Waals surface area (Å²) in [7, 11) is 0. The summed E-state index contributed by atoms with van der Waals surface area (Å²) in [6.07, 6.45) is 1.70. The molecule has 7 aliphatic rings. The number of carbonyl (C=O) groups is 1. The zero-order chi connectivity index (χ0) is 9.69. The van der Waals surface area contributed by atoms with Gasteiger partial charge < -0.3 is 9.84 Å². The fraction of sp³-hybridized carbons (Fsp3) is 0.917. The quantitative estimate of drug-likeness (QED) is 0.680. The Morgan fingerprint density at radius 2 is 2.00 bits per heavy atom. The Bertz CT molecular complexity index is 436. The van der Waals surface area contributed by atoms with Crippen LogP contribution in [-0.4, -0.2) is 22.8 Å². The van der Waals surface area contributed by atoms with Crippen molar-refractivity contribution in [3.05, 3.63) is 0 Å². The fourth-order valence-electron chi connectivity index (χ4n) is 7.35. The number of carboxylic acid groups (broad SMARTS) is 1. The van der Waals surface area contributed by atoms with E-state index in [1.807, 2.05) is 0 Å². The van der Waals surface area contributed by atoms with Crippen LogP contribution in [0.25, 0.3) is 0 Å². The first kappa shape index (κ1) is 6.89. The summed E-state index contributed by atoms with van der Waals surface area (Å²) < 4.78 is 6.02. The Hall–Kier alpha value is -0.570. The number of aliphatic carboxylic acids is 1. The lowest BCUT2D eigenvalue weighted by Crippen LogP contribution is -2.52. The second-order valence-electron chi connectivity index (χ2n) is 6.61. The average Bonchev–Trinajstić information content (AvgIpc) is 2.70. The van der Waals surface area contributed by atoms with Crippen molar-refractivity contribution in [2.45, 2.75) is 18.1 Å². The molecule has 0 aromatic carbocycles. The Labute approximate surface area is 86.8 Å². The van der Waals surface area contributed by atoms with Crippen molar-refractivity contribution in [3.63, 3.8) is 0 Å². The van der Waals surface area contributed by atoms with Crippen LogP contribution in [0.1, 0.15) is 6.42 Å². The molecule has 0 spiro atoms. The molecule has 4 bridgehead atoms. The summed E-state index contributed by atoms with van der Waals surface area (Å²) in [4.78, 5) is 11.6. The number of carboxylic acids is 1. The number of hydrogen-bond donors (Lipinski definition) is 1. The molecular formula is C12H12O3. The van der Waals surface area contributed by atoms with E-state index in [4.69, 9.17) is 4.74 Å². The van der Waals surface area contributed by atoms with E-state index in [1.165, 1.54) is 6.42 Å². The van der Waals surface area contributed by atoms with Crippen LogP contribution in [0, 0.1) is 47.3 Å². The van der Waals surface area contributed by atoms with E-state index in [-0.39, 0.29) is 0 Å². The number of ether oxygens (including phenoxy) is 1. The highest BCUT2D eigenvalue weighted by Gasteiger charge is 2.94. The van der Waals surface area contributed by atoms with Crippen LogP contribution in [0.5, 0.6) is 0 Å². The van der Waals surface area contributed by atoms with Gasteiger partial charge in [0.05, 0.1) is 6.10 Å². The van der Waals surface area contributed by atoms with Crippen LogP contribution >= 0.6 is 0 Å².